The van der Waals surface area contributed by atoms with Crippen molar-refractivity contribution < 1.29 is 4.42 Å². The highest BCUT2D eigenvalue weighted by molar-refractivity contribution is 9.10. The number of aromatic nitrogens is 2. The molecule has 92 valence electrons. The molecule has 0 saturated carbocycles. The molecule has 3 rings (SSSR count). The SMILES string of the molecule is NCCc1nc(-c2coc3ccccc23)c(Br)[nH]1. The number of H-pyrrole nitrogens is 1. The third-order valence-corrected chi connectivity index (χ3v) is 3.40. The van der Waals surface area contributed by atoms with Crippen molar-refractivity contribution in [1.82, 2.24) is 9.97 Å². The summed E-state index contributed by atoms with van der Waals surface area (Å²) in [6.07, 6.45) is 2.46. The Bertz CT molecular complexity index is 686. The second-order valence-electron chi connectivity index (χ2n) is 4.03. The standard InChI is InChI=1S/C13H12BrN3O/c14-13-12(16-11(17-13)5-6-15)9-7-18-10-4-2-1-3-8(9)10/h1-4,7H,5-6,15H2,(H,16,17). The number of fused-ring (bicyclic) bond motifs is 1. The number of nitrogens with zero attached hydrogens (tertiary/aromatic N) is 1. The van der Waals surface area contributed by atoms with Crippen molar-refractivity contribution in [3.05, 3.63) is 41.0 Å². The van der Waals surface area contributed by atoms with Gasteiger partial charge in [0.15, 0.2) is 0 Å². The molecule has 18 heavy (non-hydrogen) atoms. The van der Waals surface area contributed by atoms with Crippen molar-refractivity contribution in [3.63, 3.8) is 0 Å². The van der Waals surface area contributed by atoms with Gasteiger partial charge in [0, 0.05) is 17.4 Å². The summed E-state index contributed by atoms with van der Waals surface area (Å²) < 4.78 is 6.39. The molecule has 0 aliphatic rings. The minimum Gasteiger partial charge on any atom is -0.464 e. The Balaban J connectivity index is 2.14. The second-order valence-corrected chi connectivity index (χ2v) is 4.82. The van der Waals surface area contributed by atoms with Crippen LogP contribution in [0.3, 0.4) is 0 Å². The van der Waals surface area contributed by atoms with E-state index in [-0.39, 0.29) is 0 Å². The normalized spacial score (nSPS) is 11.2. The molecule has 0 unspecified atom stereocenters. The fourth-order valence-corrected chi connectivity index (χ4v) is 2.52. The van der Waals surface area contributed by atoms with Gasteiger partial charge >= 0.3 is 0 Å². The topological polar surface area (TPSA) is 67.8 Å². The number of nitrogens with two attached hydrogens (primary N) is 1. The Morgan fingerprint density at radius 1 is 1.33 bits per heavy atom. The highest BCUT2D eigenvalue weighted by Gasteiger charge is 2.14. The Kier molecular flexibility index (Phi) is 2.93. The number of para-hydroxylation sites is 1. The van der Waals surface area contributed by atoms with Gasteiger partial charge in [0.25, 0.3) is 0 Å². The summed E-state index contributed by atoms with van der Waals surface area (Å²) >= 11 is 3.49. The van der Waals surface area contributed by atoms with E-state index < -0.39 is 0 Å². The molecule has 3 aromatic rings. The minimum absolute atomic E-state index is 0.575. The molecule has 5 heteroatoms. The largest absolute Gasteiger partial charge is 0.464 e. The third-order valence-electron chi connectivity index (χ3n) is 2.83. The van der Waals surface area contributed by atoms with Crippen LogP contribution in [0.4, 0.5) is 0 Å². The molecule has 0 aliphatic heterocycles. The molecule has 2 aromatic heterocycles. The lowest BCUT2D eigenvalue weighted by Crippen LogP contribution is -2.03. The van der Waals surface area contributed by atoms with Gasteiger partial charge in [-0.2, -0.15) is 0 Å². The molecular formula is C13H12BrN3O. The van der Waals surface area contributed by atoms with Gasteiger partial charge < -0.3 is 15.1 Å². The molecule has 3 N–H and O–H groups in total. The fraction of sp³-hybridized carbons (Fsp3) is 0.154. The van der Waals surface area contributed by atoms with Crippen LogP contribution in [-0.2, 0) is 6.42 Å². The van der Waals surface area contributed by atoms with Crippen LogP contribution >= 0.6 is 15.9 Å². The maximum Gasteiger partial charge on any atom is 0.134 e. The summed E-state index contributed by atoms with van der Waals surface area (Å²) in [7, 11) is 0. The van der Waals surface area contributed by atoms with Crippen LogP contribution < -0.4 is 5.73 Å². The monoisotopic (exact) mass is 305 g/mol. The van der Waals surface area contributed by atoms with Crippen molar-refractivity contribution in [2.45, 2.75) is 6.42 Å². The minimum atomic E-state index is 0.575. The number of imidazole rings is 1. The van der Waals surface area contributed by atoms with Crippen LogP contribution in [-0.4, -0.2) is 16.5 Å². The maximum atomic E-state index is 5.54. The quantitative estimate of drug-likeness (QED) is 0.781. The van der Waals surface area contributed by atoms with Crippen LogP contribution in [0.5, 0.6) is 0 Å². The third kappa shape index (κ3) is 1.85. The fourth-order valence-electron chi connectivity index (χ4n) is 1.99. The van der Waals surface area contributed by atoms with Crippen molar-refractivity contribution in [1.29, 1.82) is 0 Å². The molecule has 2 heterocycles. The first-order chi connectivity index (χ1) is 8.79. The number of aromatic amines is 1. The van der Waals surface area contributed by atoms with E-state index in [4.69, 9.17) is 10.2 Å². The Labute approximate surface area is 112 Å². The number of nitrogens with one attached hydrogen (secondary N) is 1. The first-order valence-corrected chi connectivity index (χ1v) is 6.50. The molecule has 0 aliphatic carbocycles. The number of hydrogen-bond acceptors (Lipinski definition) is 3. The second kappa shape index (κ2) is 4.59. The molecule has 1 aromatic carbocycles. The highest BCUT2D eigenvalue weighted by atomic mass is 79.9. The summed E-state index contributed by atoms with van der Waals surface area (Å²) in [6, 6.07) is 7.91. The van der Waals surface area contributed by atoms with Gasteiger partial charge in [0.05, 0.1) is 0 Å². The van der Waals surface area contributed by atoms with Crippen LogP contribution in [0.15, 0.2) is 39.5 Å². The van der Waals surface area contributed by atoms with E-state index in [1.54, 1.807) is 6.26 Å². The van der Waals surface area contributed by atoms with Gasteiger partial charge in [-0.05, 0) is 28.5 Å². The van der Waals surface area contributed by atoms with Crippen molar-refractivity contribution >= 4 is 26.9 Å². The van der Waals surface area contributed by atoms with Crippen LogP contribution in [0.2, 0.25) is 0 Å². The smallest absolute Gasteiger partial charge is 0.134 e. The molecule has 0 fully saturated rings. The average molecular weight is 306 g/mol. The molecule has 0 saturated heterocycles. The Morgan fingerprint density at radius 3 is 3.00 bits per heavy atom. The number of benzene rings is 1. The maximum absolute atomic E-state index is 5.54. The molecule has 0 spiro atoms. The first-order valence-electron chi connectivity index (χ1n) is 5.70. The first kappa shape index (κ1) is 11.5. The van der Waals surface area contributed by atoms with E-state index in [2.05, 4.69) is 25.9 Å². The Morgan fingerprint density at radius 2 is 2.17 bits per heavy atom. The summed E-state index contributed by atoms with van der Waals surface area (Å²) in [4.78, 5) is 7.73. The lowest BCUT2D eigenvalue weighted by atomic mass is 10.1. The number of halogens is 1. The average Bonchev–Trinajstić information content (AvgIpc) is 2.93. The number of hydrogen-bond donors (Lipinski definition) is 2. The van der Waals surface area contributed by atoms with Gasteiger partial charge in [-0.15, -0.1) is 0 Å². The summed E-state index contributed by atoms with van der Waals surface area (Å²) in [5.41, 5.74) is 8.25. The van der Waals surface area contributed by atoms with Gasteiger partial charge in [0.2, 0.25) is 0 Å². The van der Waals surface area contributed by atoms with Gasteiger partial charge in [-0.25, -0.2) is 4.98 Å². The molecular weight excluding hydrogens is 294 g/mol. The molecule has 0 amide bonds. The van der Waals surface area contributed by atoms with Crippen molar-refractivity contribution in [2.75, 3.05) is 6.54 Å². The van der Waals surface area contributed by atoms with Gasteiger partial charge in [-0.3, -0.25) is 0 Å². The van der Waals surface area contributed by atoms with Crippen LogP contribution in [0.1, 0.15) is 5.82 Å². The zero-order chi connectivity index (χ0) is 12.5. The predicted molar refractivity (Wildman–Crippen MR) is 74.3 cm³/mol. The lowest BCUT2D eigenvalue weighted by Gasteiger charge is -1.93. The Hall–Kier alpha value is -1.59. The zero-order valence-corrected chi connectivity index (χ0v) is 11.2. The number of furan rings is 1. The lowest BCUT2D eigenvalue weighted by molar-refractivity contribution is 0.617. The van der Waals surface area contributed by atoms with Gasteiger partial charge in [-0.1, -0.05) is 18.2 Å². The molecule has 0 radical (unpaired) electrons. The van der Waals surface area contributed by atoms with E-state index in [0.29, 0.717) is 6.54 Å². The van der Waals surface area contributed by atoms with Gasteiger partial charge in [0.1, 0.15) is 28.0 Å². The highest BCUT2D eigenvalue weighted by Crippen LogP contribution is 2.33. The summed E-state index contributed by atoms with van der Waals surface area (Å²) in [5.74, 6) is 0.879. The number of rotatable bonds is 3. The molecule has 4 nitrogen and oxygen atoms in total. The van der Waals surface area contributed by atoms with E-state index in [1.807, 2.05) is 24.3 Å². The van der Waals surface area contributed by atoms with Crippen LogP contribution in [0, 0.1) is 0 Å². The van der Waals surface area contributed by atoms with Crippen molar-refractivity contribution in [3.8, 4) is 11.3 Å². The predicted octanol–water partition coefficient (Wildman–Crippen LogP) is 3.09. The van der Waals surface area contributed by atoms with E-state index >= 15 is 0 Å². The molecule has 0 bridgehead atoms. The summed E-state index contributed by atoms with van der Waals surface area (Å²) in [5, 5.41) is 1.06. The van der Waals surface area contributed by atoms with Crippen LogP contribution in [0.25, 0.3) is 22.2 Å². The van der Waals surface area contributed by atoms with E-state index in [0.717, 1.165) is 39.1 Å². The zero-order valence-electron chi connectivity index (χ0n) is 9.61. The van der Waals surface area contributed by atoms with Crippen molar-refractivity contribution in [2.24, 2.45) is 5.73 Å². The molecule has 0 atom stereocenters. The summed E-state index contributed by atoms with van der Waals surface area (Å²) in [6.45, 7) is 0.575. The van der Waals surface area contributed by atoms with E-state index in [1.165, 1.54) is 0 Å². The van der Waals surface area contributed by atoms with E-state index in [9.17, 15) is 0 Å².